The van der Waals surface area contributed by atoms with Crippen LogP contribution in [0, 0.1) is 0 Å². The number of rotatable bonds is 1. The van der Waals surface area contributed by atoms with Crippen molar-refractivity contribution in [3.8, 4) is 11.5 Å². The summed E-state index contributed by atoms with van der Waals surface area (Å²) in [6.07, 6.45) is 4.53. The van der Waals surface area contributed by atoms with E-state index in [2.05, 4.69) is 18.0 Å². The van der Waals surface area contributed by atoms with Crippen LogP contribution in [-0.4, -0.2) is 42.8 Å². The van der Waals surface area contributed by atoms with Crippen molar-refractivity contribution < 1.29 is 18.7 Å². The normalized spacial score (nSPS) is 36.6. The van der Waals surface area contributed by atoms with E-state index in [1.54, 1.807) is 6.07 Å². The van der Waals surface area contributed by atoms with Crippen LogP contribution in [0.3, 0.4) is 0 Å². The largest absolute Gasteiger partial charge is 0.493 e. The highest BCUT2D eigenvalue weighted by Gasteiger charge is 2.52. The molecule has 1 aliphatic carbocycles. The van der Waals surface area contributed by atoms with E-state index in [1.165, 1.54) is 0 Å². The third-order valence-electron chi connectivity index (χ3n) is 5.04. The summed E-state index contributed by atoms with van der Waals surface area (Å²) < 4.78 is 33.5. The number of benzene rings is 1. The van der Waals surface area contributed by atoms with Crippen LogP contribution in [-0.2, 0) is 12.0 Å². The summed E-state index contributed by atoms with van der Waals surface area (Å²) in [4.78, 5) is 2.25. The van der Waals surface area contributed by atoms with Crippen LogP contribution in [0.25, 0.3) is 0 Å². The molecule has 4 heteroatoms. The van der Waals surface area contributed by atoms with Gasteiger partial charge < -0.3 is 19.5 Å². The van der Waals surface area contributed by atoms with Gasteiger partial charge in [0.2, 0.25) is 0 Å². The lowest BCUT2D eigenvalue weighted by Crippen LogP contribution is -2.42. The van der Waals surface area contributed by atoms with Gasteiger partial charge in [-0.15, -0.1) is 0 Å². The fourth-order valence-electron chi connectivity index (χ4n) is 4.00. The molecule has 0 aromatic heterocycles. The minimum atomic E-state index is -2.52. The SMILES string of the molecule is [2H]C([2H])([2H])Oc1ccc2c3c1O[C@@H]1C[C@H](O)C=C[C@]31CCN(C)C2. The van der Waals surface area contributed by atoms with Gasteiger partial charge in [-0.25, -0.2) is 0 Å². The molecule has 0 radical (unpaired) electrons. The molecule has 3 atom stereocenters. The number of hydrogen-bond acceptors (Lipinski definition) is 4. The molecule has 1 N–H and O–H groups in total. The van der Waals surface area contributed by atoms with Gasteiger partial charge in [-0.2, -0.15) is 0 Å². The first kappa shape index (κ1) is 10.2. The standard InChI is InChI=1S/C17H21NO3/c1-18-8-7-17-6-5-12(19)9-14(17)21-16-13(20-2)4-3-11(10-18)15(16)17/h3-6,12,14,19H,7-10H2,1-2H3/t12-,14-,17-/m1/s1/i2D3. The number of aliphatic hydroxyl groups excluding tert-OH is 1. The maximum absolute atomic E-state index is 10.0. The maximum atomic E-state index is 10.0. The third-order valence-corrected chi connectivity index (χ3v) is 5.04. The highest BCUT2D eigenvalue weighted by molar-refractivity contribution is 5.60. The molecule has 0 saturated carbocycles. The zero-order chi connectivity index (χ0) is 17.1. The predicted octanol–water partition coefficient (Wildman–Crippen LogP) is 1.85. The van der Waals surface area contributed by atoms with E-state index in [-0.39, 0.29) is 17.3 Å². The van der Waals surface area contributed by atoms with E-state index in [9.17, 15) is 5.11 Å². The zero-order valence-corrected chi connectivity index (χ0v) is 12.0. The molecule has 4 rings (SSSR count). The Kier molecular flexibility index (Phi) is 2.19. The number of methoxy groups -OCH3 is 1. The van der Waals surface area contributed by atoms with Gasteiger partial charge in [0.05, 0.1) is 22.7 Å². The lowest BCUT2D eigenvalue weighted by atomic mass is 9.69. The molecule has 0 saturated heterocycles. The highest BCUT2D eigenvalue weighted by atomic mass is 16.5. The number of aliphatic hydroxyl groups is 1. The molecule has 1 aromatic rings. The molecule has 0 bridgehead atoms. The molecular formula is C17H21NO3. The molecule has 2 heterocycles. The average Bonchev–Trinajstić information content (AvgIpc) is 2.74. The van der Waals surface area contributed by atoms with Crippen LogP contribution in [0.2, 0.25) is 0 Å². The van der Waals surface area contributed by atoms with E-state index in [1.807, 2.05) is 12.1 Å². The Labute approximate surface area is 129 Å². The Hall–Kier alpha value is -1.52. The summed E-state index contributed by atoms with van der Waals surface area (Å²) in [6.45, 7) is 1.69. The second-order valence-electron chi connectivity index (χ2n) is 6.33. The van der Waals surface area contributed by atoms with Crippen molar-refractivity contribution in [1.82, 2.24) is 4.90 Å². The van der Waals surface area contributed by atoms with Crippen molar-refractivity contribution in [3.63, 3.8) is 0 Å². The summed E-state index contributed by atoms with van der Waals surface area (Å²) in [5.41, 5.74) is 1.84. The van der Waals surface area contributed by atoms with E-state index in [0.29, 0.717) is 12.2 Å². The molecule has 3 aliphatic rings. The van der Waals surface area contributed by atoms with Gasteiger partial charge in [-0.1, -0.05) is 18.2 Å². The molecule has 21 heavy (non-hydrogen) atoms. The van der Waals surface area contributed by atoms with Crippen LogP contribution in [0.5, 0.6) is 11.5 Å². The lowest BCUT2D eigenvalue weighted by molar-refractivity contribution is 0.0821. The van der Waals surface area contributed by atoms with Gasteiger partial charge in [-0.3, -0.25) is 0 Å². The molecule has 1 spiro atoms. The molecule has 112 valence electrons. The predicted molar refractivity (Wildman–Crippen MR) is 79.8 cm³/mol. The van der Waals surface area contributed by atoms with Crippen molar-refractivity contribution in [1.29, 1.82) is 0 Å². The summed E-state index contributed by atoms with van der Waals surface area (Å²) in [6, 6.07) is 3.62. The monoisotopic (exact) mass is 290 g/mol. The number of hydrogen-bond donors (Lipinski definition) is 1. The molecule has 0 unspecified atom stereocenters. The summed E-state index contributed by atoms with van der Waals surface area (Å²) in [7, 11) is -0.444. The first-order chi connectivity index (χ1) is 11.3. The van der Waals surface area contributed by atoms with Gasteiger partial charge in [0.25, 0.3) is 0 Å². The maximum Gasteiger partial charge on any atom is 0.166 e. The Morgan fingerprint density at radius 3 is 3.29 bits per heavy atom. The molecule has 0 amide bonds. The molecule has 1 aromatic carbocycles. The topological polar surface area (TPSA) is 41.9 Å². The van der Waals surface area contributed by atoms with Crippen LogP contribution in [0.4, 0.5) is 0 Å². The Morgan fingerprint density at radius 2 is 2.43 bits per heavy atom. The van der Waals surface area contributed by atoms with E-state index in [4.69, 9.17) is 13.6 Å². The Balaban J connectivity index is 1.89. The molecular weight excluding hydrogens is 266 g/mol. The minimum Gasteiger partial charge on any atom is -0.493 e. The van der Waals surface area contributed by atoms with Crippen molar-refractivity contribution >= 4 is 0 Å². The third kappa shape index (κ3) is 1.75. The average molecular weight is 290 g/mol. The minimum absolute atomic E-state index is 0.195. The molecule has 4 nitrogen and oxygen atoms in total. The van der Waals surface area contributed by atoms with Crippen molar-refractivity contribution in [2.75, 3.05) is 20.6 Å². The zero-order valence-electron chi connectivity index (χ0n) is 15.0. The number of nitrogens with zero attached hydrogens (tertiary/aromatic N) is 1. The molecule has 2 aliphatic heterocycles. The van der Waals surface area contributed by atoms with Gasteiger partial charge in [0.15, 0.2) is 11.5 Å². The quantitative estimate of drug-likeness (QED) is 0.802. The van der Waals surface area contributed by atoms with Gasteiger partial charge in [-0.05, 0) is 31.6 Å². The first-order valence-corrected chi connectivity index (χ1v) is 7.36. The van der Waals surface area contributed by atoms with Crippen LogP contribution in [0.1, 0.15) is 28.1 Å². The van der Waals surface area contributed by atoms with Crippen LogP contribution < -0.4 is 9.47 Å². The summed E-state index contributed by atoms with van der Waals surface area (Å²) >= 11 is 0. The smallest absolute Gasteiger partial charge is 0.166 e. The van der Waals surface area contributed by atoms with Gasteiger partial charge in [0.1, 0.15) is 6.10 Å². The fourth-order valence-corrected chi connectivity index (χ4v) is 4.00. The van der Waals surface area contributed by atoms with E-state index in [0.717, 1.165) is 30.6 Å². The highest BCUT2D eigenvalue weighted by Crippen LogP contribution is 2.55. The van der Waals surface area contributed by atoms with E-state index < -0.39 is 13.1 Å². The van der Waals surface area contributed by atoms with Crippen LogP contribution >= 0.6 is 0 Å². The van der Waals surface area contributed by atoms with Crippen molar-refractivity contribution in [2.24, 2.45) is 0 Å². The Bertz CT molecular complexity index is 703. The summed E-state index contributed by atoms with van der Waals surface area (Å²) in [5, 5.41) is 10.0. The summed E-state index contributed by atoms with van der Waals surface area (Å²) in [5.74, 6) is 0.789. The van der Waals surface area contributed by atoms with E-state index >= 15 is 0 Å². The van der Waals surface area contributed by atoms with Crippen molar-refractivity contribution in [3.05, 3.63) is 35.4 Å². The second-order valence-corrected chi connectivity index (χ2v) is 6.33. The van der Waals surface area contributed by atoms with Crippen LogP contribution in [0.15, 0.2) is 24.3 Å². The lowest BCUT2D eigenvalue weighted by Gasteiger charge is -2.35. The number of ether oxygens (including phenoxy) is 2. The van der Waals surface area contributed by atoms with Crippen molar-refractivity contribution in [2.45, 2.75) is 37.0 Å². The van der Waals surface area contributed by atoms with Gasteiger partial charge in [0, 0.05) is 18.5 Å². The second kappa shape index (κ2) is 4.49. The first-order valence-electron chi connectivity index (χ1n) is 8.86. The Morgan fingerprint density at radius 1 is 1.52 bits per heavy atom. The fraction of sp³-hybridized carbons (Fsp3) is 0.529. The molecule has 0 fully saturated rings. The van der Waals surface area contributed by atoms with Gasteiger partial charge >= 0.3 is 0 Å².